The van der Waals surface area contributed by atoms with Crippen LogP contribution in [0.4, 0.5) is 0 Å². The summed E-state index contributed by atoms with van der Waals surface area (Å²) in [4.78, 5) is 13.6. The van der Waals surface area contributed by atoms with Crippen LogP contribution < -0.4 is 5.32 Å². The molecule has 92 valence electrons. The van der Waals surface area contributed by atoms with Crippen molar-refractivity contribution in [3.63, 3.8) is 0 Å². The fourth-order valence-corrected chi connectivity index (χ4v) is 1.61. The fraction of sp³-hybridized carbons (Fsp3) is 0.900. The van der Waals surface area contributed by atoms with E-state index in [9.17, 15) is 4.79 Å². The first kappa shape index (κ1) is 14.7. The number of azide groups is 1. The number of nitrogens with one attached hydrogen (secondary N) is 1. The summed E-state index contributed by atoms with van der Waals surface area (Å²) in [5.74, 6) is -0.702. The normalized spacial score (nSPS) is 13.9. The van der Waals surface area contributed by atoms with Crippen molar-refractivity contribution in [3.05, 3.63) is 10.4 Å². The van der Waals surface area contributed by atoms with Crippen molar-refractivity contribution in [2.24, 2.45) is 11.0 Å². The van der Waals surface area contributed by atoms with Crippen molar-refractivity contribution in [1.82, 2.24) is 5.32 Å². The van der Waals surface area contributed by atoms with Crippen molar-refractivity contribution < 1.29 is 9.90 Å². The molecule has 0 aromatic rings. The van der Waals surface area contributed by atoms with E-state index in [4.69, 9.17) is 10.6 Å². The van der Waals surface area contributed by atoms with Crippen LogP contribution in [0.15, 0.2) is 5.11 Å². The number of hydrogen-bond acceptors (Lipinski definition) is 3. The Morgan fingerprint density at radius 1 is 1.62 bits per heavy atom. The Morgan fingerprint density at radius 3 is 2.81 bits per heavy atom. The predicted molar refractivity (Wildman–Crippen MR) is 62.1 cm³/mol. The van der Waals surface area contributed by atoms with E-state index in [1.165, 1.54) is 0 Å². The van der Waals surface area contributed by atoms with Gasteiger partial charge in [-0.3, -0.25) is 4.79 Å². The maximum atomic E-state index is 11.0. The molecule has 0 aromatic heterocycles. The Hall–Kier alpha value is -1.26. The van der Waals surface area contributed by atoms with Gasteiger partial charge >= 0.3 is 5.97 Å². The number of hydrogen-bond donors (Lipinski definition) is 2. The van der Waals surface area contributed by atoms with Crippen molar-refractivity contribution >= 4 is 5.97 Å². The zero-order valence-corrected chi connectivity index (χ0v) is 9.89. The number of rotatable bonds is 9. The summed E-state index contributed by atoms with van der Waals surface area (Å²) in [6.07, 6.45) is 2.53. The second-order valence-electron chi connectivity index (χ2n) is 3.84. The molecule has 0 aromatic carbocycles. The second kappa shape index (κ2) is 9.00. The molecule has 0 aliphatic heterocycles. The van der Waals surface area contributed by atoms with Crippen LogP contribution in [0.2, 0.25) is 0 Å². The summed E-state index contributed by atoms with van der Waals surface area (Å²) in [6, 6.07) is -0.508. The van der Waals surface area contributed by atoms with Crippen molar-refractivity contribution in [2.75, 3.05) is 13.1 Å². The minimum atomic E-state index is -0.815. The minimum absolute atomic E-state index is 0.113. The lowest BCUT2D eigenvalue weighted by molar-refractivity contribution is -0.140. The highest BCUT2D eigenvalue weighted by molar-refractivity contribution is 5.73. The summed E-state index contributed by atoms with van der Waals surface area (Å²) in [5.41, 5.74) is 8.07. The lowest BCUT2D eigenvalue weighted by Gasteiger charge is -2.20. The highest BCUT2D eigenvalue weighted by Gasteiger charge is 2.22. The Labute approximate surface area is 95.7 Å². The van der Waals surface area contributed by atoms with Crippen LogP contribution in [0.1, 0.15) is 33.1 Å². The Balaban J connectivity index is 3.94. The smallest absolute Gasteiger partial charge is 0.320 e. The number of carboxylic acids is 1. The first-order valence-corrected chi connectivity index (χ1v) is 5.60. The molecule has 2 unspecified atom stereocenters. The quantitative estimate of drug-likeness (QED) is 0.274. The van der Waals surface area contributed by atoms with E-state index >= 15 is 0 Å². The Kier molecular flexibility index (Phi) is 8.29. The van der Waals surface area contributed by atoms with E-state index in [1.54, 1.807) is 0 Å². The van der Waals surface area contributed by atoms with Crippen LogP contribution in [0.25, 0.3) is 10.4 Å². The fourth-order valence-electron chi connectivity index (χ4n) is 1.61. The van der Waals surface area contributed by atoms with E-state index in [2.05, 4.69) is 15.3 Å². The van der Waals surface area contributed by atoms with E-state index in [0.29, 0.717) is 19.5 Å². The second-order valence-corrected chi connectivity index (χ2v) is 3.84. The highest BCUT2D eigenvalue weighted by Crippen LogP contribution is 2.10. The highest BCUT2D eigenvalue weighted by atomic mass is 16.4. The average Bonchev–Trinajstić information content (AvgIpc) is 2.23. The van der Waals surface area contributed by atoms with Gasteiger partial charge < -0.3 is 10.4 Å². The summed E-state index contributed by atoms with van der Waals surface area (Å²) >= 11 is 0. The lowest BCUT2D eigenvalue weighted by Crippen LogP contribution is -2.42. The van der Waals surface area contributed by atoms with Gasteiger partial charge in [-0.15, -0.1) is 0 Å². The Bertz CT molecular complexity index is 251. The molecular weight excluding hydrogens is 208 g/mol. The van der Waals surface area contributed by atoms with Gasteiger partial charge in [0.2, 0.25) is 0 Å². The van der Waals surface area contributed by atoms with Crippen LogP contribution in [0.3, 0.4) is 0 Å². The van der Waals surface area contributed by atoms with Gasteiger partial charge in [0.1, 0.15) is 6.04 Å². The third-order valence-electron chi connectivity index (χ3n) is 2.44. The van der Waals surface area contributed by atoms with Gasteiger partial charge in [0.15, 0.2) is 0 Å². The first-order chi connectivity index (χ1) is 7.63. The number of nitrogens with zero attached hydrogens (tertiary/aromatic N) is 3. The van der Waals surface area contributed by atoms with E-state index in [-0.39, 0.29) is 5.92 Å². The molecule has 0 saturated carbocycles. The van der Waals surface area contributed by atoms with Gasteiger partial charge in [-0.1, -0.05) is 25.4 Å². The standard InChI is InChI=1S/C10H20N4O2/c1-3-5-8(2)9(10(15)16)12-6-4-7-13-14-11/h8-9,12H,3-7H2,1-2H3,(H,15,16). The average molecular weight is 228 g/mol. The molecule has 0 saturated heterocycles. The molecular formula is C10H20N4O2. The third kappa shape index (κ3) is 6.27. The van der Waals surface area contributed by atoms with Crippen LogP contribution in [0, 0.1) is 5.92 Å². The van der Waals surface area contributed by atoms with Crippen molar-refractivity contribution in [2.45, 2.75) is 39.2 Å². The topological polar surface area (TPSA) is 98.1 Å². The van der Waals surface area contributed by atoms with Crippen LogP contribution in [-0.4, -0.2) is 30.2 Å². The molecule has 0 aliphatic rings. The molecule has 16 heavy (non-hydrogen) atoms. The van der Waals surface area contributed by atoms with Crippen LogP contribution in [0.5, 0.6) is 0 Å². The van der Waals surface area contributed by atoms with E-state index in [1.807, 2.05) is 13.8 Å². The Morgan fingerprint density at radius 2 is 2.31 bits per heavy atom. The molecule has 2 N–H and O–H groups in total. The van der Waals surface area contributed by atoms with Gasteiger partial charge in [-0.25, -0.2) is 0 Å². The van der Waals surface area contributed by atoms with Gasteiger partial charge in [0.05, 0.1) is 0 Å². The maximum absolute atomic E-state index is 11.0. The van der Waals surface area contributed by atoms with Gasteiger partial charge in [-0.05, 0) is 30.8 Å². The van der Waals surface area contributed by atoms with Gasteiger partial charge in [0.25, 0.3) is 0 Å². The molecule has 6 heteroatoms. The summed E-state index contributed by atoms with van der Waals surface area (Å²) in [7, 11) is 0. The summed E-state index contributed by atoms with van der Waals surface area (Å²) < 4.78 is 0. The van der Waals surface area contributed by atoms with Gasteiger partial charge in [-0.2, -0.15) is 0 Å². The SMILES string of the molecule is CCCC(C)C(NCCCN=[N+]=[N-])C(=O)O. The molecule has 0 rings (SSSR count). The first-order valence-electron chi connectivity index (χ1n) is 5.60. The van der Waals surface area contributed by atoms with Crippen LogP contribution in [-0.2, 0) is 4.79 Å². The lowest BCUT2D eigenvalue weighted by atomic mass is 9.97. The molecule has 0 aliphatic carbocycles. The van der Waals surface area contributed by atoms with E-state index in [0.717, 1.165) is 12.8 Å². The maximum Gasteiger partial charge on any atom is 0.320 e. The minimum Gasteiger partial charge on any atom is -0.480 e. The predicted octanol–water partition coefficient (Wildman–Crippen LogP) is 2.17. The van der Waals surface area contributed by atoms with Crippen molar-refractivity contribution in [1.29, 1.82) is 0 Å². The largest absolute Gasteiger partial charge is 0.480 e. The van der Waals surface area contributed by atoms with E-state index < -0.39 is 12.0 Å². The summed E-state index contributed by atoms with van der Waals surface area (Å²) in [6.45, 7) is 4.93. The van der Waals surface area contributed by atoms with Crippen LogP contribution >= 0.6 is 0 Å². The molecule has 0 radical (unpaired) electrons. The van der Waals surface area contributed by atoms with Crippen molar-refractivity contribution in [3.8, 4) is 0 Å². The molecule has 0 bridgehead atoms. The third-order valence-corrected chi connectivity index (χ3v) is 2.44. The molecule has 0 amide bonds. The number of aliphatic carboxylic acids is 1. The number of carbonyl (C=O) groups is 1. The summed E-state index contributed by atoms with van der Waals surface area (Å²) in [5, 5.41) is 15.4. The van der Waals surface area contributed by atoms with Gasteiger partial charge in [0, 0.05) is 11.5 Å². The zero-order chi connectivity index (χ0) is 12.4. The zero-order valence-electron chi connectivity index (χ0n) is 9.89. The molecule has 6 nitrogen and oxygen atoms in total. The number of carboxylic acid groups (broad SMARTS) is 1. The molecule has 0 heterocycles. The molecule has 2 atom stereocenters. The monoisotopic (exact) mass is 228 g/mol. The molecule has 0 spiro atoms. The molecule has 0 fully saturated rings.